The molecule has 1 aromatic carbocycles. The van der Waals surface area contributed by atoms with E-state index in [9.17, 15) is 18.0 Å². The van der Waals surface area contributed by atoms with Crippen molar-refractivity contribution in [2.75, 3.05) is 31.3 Å². The summed E-state index contributed by atoms with van der Waals surface area (Å²) < 4.78 is 47.7. The summed E-state index contributed by atoms with van der Waals surface area (Å²) in [6.45, 7) is 2.70. The first-order chi connectivity index (χ1) is 18.6. The lowest BCUT2D eigenvalue weighted by atomic mass is 9.85. The minimum atomic E-state index is -4.46. The van der Waals surface area contributed by atoms with E-state index in [4.69, 9.17) is 9.72 Å². The number of rotatable bonds is 6. The molecule has 3 heterocycles. The number of nitrogens with one attached hydrogen (secondary N) is 2. The van der Waals surface area contributed by atoms with Gasteiger partial charge in [-0.15, -0.1) is 0 Å². The number of alkyl halides is 3. The zero-order valence-corrected chi connectivity index (χ0v) is 22.3. The molecule has 3 aromatic rings. The average molecular weight is 546 g/mol. The van der Waals surface area contributed by atoms with Crippen LogP contribution in [0.25, 0.3) is 11.2 Å². The number of anilines is 3. The number of hydrogen-bond donors (Lipinski definition) is 2. The van der Waals surface area contributed by atoms with Gasteiger partial charge in [0.05, 0.1) is 17.9 Å². The van der Waals surface area contributed by atoms with Gasteiger partial charge in [-0.05, 0) is 63.6 Å². The molecule has 2 N–H and O–H groups in total. The minimum Gasteiger partial charge on any atom is -0.378 e. The largest absolute Gasteiger partial charge is 0.416 e. The van der Waals surface area contributed by atoms with E-state index in [1.165, 1.54) is 6.07 Å². The third-order valence-electron chi connectivity index (χ3n) is 7.55. The summed E-state index contributed by atoms with van der Waals surface area (Å²) in [4.78, 5) is 28.1. The van der Waals surface area contributed by atoms with Gasteiger partial charge in [-0.3, -0.25) is 9.36 Å². The zero-order valence-electron chi connectivity index (χ0n) is 22.3. The van der Waals surface area contributed by atoms with E-state index in [1.54, 1.807) is 31.3 Å². The van der Waals surface area contributed by atoms with E-state index >= 15 is 0 Å². The lowest BCUT2D eigenvalue weighted by molar-refractivity contribution is -0.137. The van der Waals surface area contributed by atoms with Crippen molar-refractivity contribution in [1.29, 1.82) is 0 Å². The first kappa shape index (κ1) is 27.2. The lowest BCUT2D eigenvalue weighted by Gasteiger charge is -2.31. The van der Waals surface area contributed by atoms with Gasteiger partial charge in [0.25, 0.3) is 0 Å². The van der Waals surface area contributed by atoms with E-state index in [0.717, 1.165) is 37.8 Å². The Kier molecular flexibility index (Phi) is 7.66. The minimum absolute atomic E-state index is 0.0274. The standard InChI is InChI=1S/C27H34F3N7O2/c1-16-13-20(11-12-39-16)32-25-31-15-22-23(35-25)37(21-9-7-17(8-10-21)24(38)36(2)3)26(34-22)33-19-6-4-5-18(14-19)27(28,29)30/h4-6,14-17,20-21H,7-13H2,1-3H3,(H,33,34)(H,31,32,35). The highest BCUT2D eigenvalue weighted by Crippen LogP contribution is 2.38. The molecule has 210 valence electrons. The van der Waals surface area contributed by atoms with Crippen molar-refractivity contribution in [3.8, 4) is 0 Å². The molecule has 0 bridgehead atoms. The van der Waals surface area contributed by atoms with Crippen LogP contribution in [0.2, 0.25) is 0 Å². The summed E-state index contributed by atoms with van der Waals surface area (Å²) in [6.07, 6.45) is 1.87. The molecule has 9 nitrogen and oxygen atoms in total. The van der Waals surface area contributed by atoms with Crippen LogP contribution in [0.3, 0.4) is 0 Å². The Morgan fingerprint density at radius 2 is 1.90 bits per heavy atom. The van der Waals surface area contributed by atoms with Gasteiger partial charge in [-0.2, -0.15) is 18.2 Å². The molecular formula is C27H34F3N7O2. The number of nitrogens with zero attached hydrogens (tertiary/aromatic N) is 5. The van der Waals surface area contributed by atoms with Crippen LogP contribution in [0.15, 0.2) is 30.5 Å². The van der Waals surface area contributed by atoms with Gasteiger partial charge in [0, 0.05) is 44.4 Å². The SMILES string of the molecule is CC1CC(Nc2ncc3nc(Nc4cccc(C(F)(F)F)c4)n(C4CCC(C(=O)N(C)C)CC4)c3n2)CCO1. The Bertz CT molecular complexity index is 1320. The topological polar surface area (TPSA) is 97.2 Å². The third kappa shape index (κ3) is 6.10. The molecule has 2 aromatic heterocycles. The van der Waals surface area contributed by atoms with Crippen LogP contribution in [-0.2, 0) is 15.7 Å². The summed E-state index contributed by atoms with van der Waals surface area (Å²) in [7, 11) is 3.53. The number of imidazole rings is 1. The Morgan fingerprint density at radius 1 is 1.13 bits per heavy atom. The second kappa shape index (κ2) is 11.0. The maximum Gasteiger partial charge on any atom is 0.416 e. The highest BCUT2D eigenvalue weighted by molar-refractivity contribution is 5.79. The van der Waals surface area contributed by atoms with Crippen molar-refractivity contribution in [3.63, 3.8) is 0 Å². The van der Waals surface area contributed by atoms with Crippen LogP contribution in [0.1, 0.15) is 57.1 Å². The highest BCUT2D eigenvalue weighted by Gasteiger charge is 2.32. The van der Waals surface area contributed by atoms with Crippen LogP contribution < -0.4 is 10.6 Å². The Morgan fingerprint density at radius 3 is 2.59 bits per heavy atom. The van der Waals surface area contributed by atoms with Crippen molar-refractivity contribution in [2.24, 2.45) is 5.92 Å². The van der Waals surface area contributed by atoms with Gasteiger partial charge < -0.3 is 20.3 Å². The van der Waals surface area contributed by atoms with Crippen LogP contribution in [0, 0.1) is 5.92 Å². The number of amides is 1. The molecule has 12 heteroatoms. The molecule has 0 radical (unpaired) electrons. The normalized spacial score (nSPS) is 23.9. The molecule has 1 aliphatic carbocycles. The highest BCUT2D eigenvalue weighted by atomic mass is 19.4. The number of fused-ring (bicyclic) bond motifs is 1. The number of carbonyl (C=O) groups is 1. The zero-order chi connectivity index (χ0) is 27.7. The van der Waals surface area contributed by atoms with E-state index in [-0.39, 0.29) is 35.7 Å². The van der Waals surface area contributed by atoms with Crippen LogP contribution in [0.4, 0.5) is 30.8 Å². The van der Waals surface area contributed by atoms with E-state index in [0.29, 0.717) is 42.5 Å². The maximum atomic E-state index is 13.4. The predicted octanol–water partition coefficient (Wildman–Crippen LogP) is 5.39. The number of halogens is 3. The van der Waals surface area contributed by atoms with E-state index in [1.807, 2.05) is 11.5 Å². The molecular weight excluding hydrogens is 511 g/mol. The molecule has 1 saturated heterocycles. The molecule has 1 amide bonds. The summed E-state index contributed by atoms with van der Waals surface area (Å²) in [6, 6.07) is 5.21. The Labute approximate surface area is 225 Å². The molecule has 1 saturated carbocycles. The average Bonchev–Trinajstić information content (AvgIpc) is 3.25. The maximum absolute atomic E-state index is 13.4. The van der Waals surface area contributed by atoms with Crippen molar-refractivity contribution in [2.45, 2.75) is 69.8 Å². The number of aromatic nitrogens is 4. The van der Waals surface area contributed by atoms with Crippen molar-refractivity contribution >= 4 is 34.7 Å². The van der Waals surface area contributed by atoms with Crippen LogP contribution in [-0.4, -0.2) is 63.2 Å². The quantitative estimate of drug-likeness (QED) is 0.429. The summed E-state index contributed by atoms with van der Waals surface area (Å²) in [5.74, 6) is 0.946. The van der Waals surface area contributed by atoms with Gasteiger partial charge >= 0.3 is 6.18 Å². The number of ether oxygens (including phenoxy) is 1. The Balaban J connectivity index is 1.47. The van der Waals surface area contributed by atoms with Crippen LogP contribution >= 0.6 is 0 Å². The monoisotopic (exact) mass is 545 g/mol. The van der Waals surface area contributed by atoms with E-state index < -0.39 is 11.7 Å². The first-order valence-corrected chi connectivity index (χ1v) is 13.4. The van der Waals surface area contributed by atoms with Gasteiger partial charge in [0.15, 0.2) is 5.65 Å². The van der Waals surface area contributed by atoms with Crippen molar-refractivity contribution in [1.82, 2.24) is 24.4 Å². The summed E-state index contributed by atoms with van der Waals surface area (Å²) >= 11 is 0. The predicted molar refractivity (Wildman–Crippen MR) is 142 cm³/mol. The molecule has 2 fully saturated rings. The smallest absolute Gasteiger partial charge is 0.378 e. The fraction of sp³-hybridized carbons (Fsp3) is 0.556. The summed E-state index contributed by atoms with van der Waals surface area (Å²) in [5, 5.41) is 6.51. The lowest BCUT2D eigenvalue weighted by Crippen LogP contribution is -2.33. The first-order valence-electron chi connectivity index (χ1n) is 13.4. The van der Waals surface area contributed by atoms with Crippen LogP contribution in [0.5, 0.6) is 0 Å². The molecule has 1 aliphatic heterocycles. The fourth-order valence-electron chi connectivity index (χ4n) is 5.55. The molecule has 39 heavy (non-hydrogen) atoms. The van der Waals surface area contributed by atoms with Gasteiger partial charge in [-0.25, -0.2) is 9.97 Å². The van der Waals surface area contributed by atoms with Crippen molar-refractivity contribution < 1.29 is 22.7 Å². The molecule has 0 spiro atoms. The van der Waals surface area contributed by atoms with Gasteiger partial charge in [-0.1, -0.05) is 6.07 Å². The number of carbonyl (C=O) groups excluding carboxylic acids is 1. The number of hydrogen-bond acceptors (Lipinski definition) is 7. The molecule has 5 rings (SSSR count). The van der Waals surface area contributed by atoms with Gasteiger partial charge in [0.1, 0.15) is 5.52 Å². The number of benzene rings is 1. The molecule has 2 unspecified atom stereocenters. The summed E-state index contributed by atoms with van der Waals surface area (Å²) in [5.41, 5.74) is 0.682. The fourth-order valence-corrected chi connectivity index (χ4v) is 5.55. The molecule has 2 atom stereocenters. The molecule has 2 aliphatic rings. The Hall–Kier alpha value is -3.41. The van der Waals surface area contributed by atoms with E-state index in [2.05, 4.69) is 20.6 Å². The van der Waals surface area contributed by atoms with Gasteiger partial charge in [0.2, 0.25) is 17.8 Å². The third-order valence-corrected chi connectivity index (χ3v) is 7.55. The second-order valence-corrected chi connectivity index (χ2v) is 10.7. The van der Waals surface area contributed by atoms with Crippen molar-refractivity contribution in [3.05, 3.63) is 36.0 Å². The second-order valence-electron chi connectivity index (χ2n) is 10.7.